The summed E-state index contributed by atoms with van der Waals surface area (Å²) < 4.78 is 19.3. The van der Waals surface area contributed by atoms with Crippen molar-refractivity contribution in [2.24, 2.45) is 0 Å². The molecule has 0 amide bonds. The maximum Gasteiger partial charge on any atom is 0.123 e. The van der Waals surface area contributed by atoms with Gasteiger partial charge in [-0.1, -0.05) is 13.0 Å². The predicted octanol–water partition coefficient (Wildman–Crippen LogP) is 3.35. The number of benzene rings is 1. The first-order valence-electron chi connectivity index (χ1n) is 6.67. The van der Waals surface area contributed by atoms with Crippen molar-refractivity contribution in [3.63, 3.8) is 0 Å². The zero-order valence-corrected chi connectivity index (χ0v) is 11.4. The molecule has 1 fully saturated rings. The highest BCUT2D eigenvalue weighted by Gasteiger charge is 2.44. The lowest BCUT2D eigenvalue weighted by Gasteiger charge is -2.47. The third-order valence-corrected chi connectivity index (χ3v) is 3.94. The largest absolute Gasteiger partial charge is 0.376 e. The van der Waals surface area contributed by atoms with Gasteiger partial charge in [-0.15, -0.1) is 0 Å². The van der Waals surface area contributed by atoms with Crippen molar-refractivity contribution < 1.29 is 9.13 Å². The van der Waals surface area contributed by atoms with E-state index < -0.39 is 0 Å². The summed E-state index contributed by atoms with van der Waals surface area (Å²) in [6.07, 6.45) is 3.26. The molecule has 0 saturated heterocycles. The van der Waals surface area contributed by atoms with E-state index in [0.29, 0.717) is 0 Å². The summed E-state index contributed by atoms with van der Waals surface area (Å²) >= 11 is 0. The van der Waals surface area contributed by atoms with Gasteiger partial charge in [-0.25, -0.2) is 4.39 Å². The van der Waals surface area contributed by atoms with Gasteiger partial charge in [0.15, 0.2) is 0 Å². The summed E-state index contributed by atoms with van der Waals surface area (Å²) in [6, 6.07) is 5.32. The molecular weight excluding hydrogens is 229 g/mol. The van der Waals surface area contributed by atoms with Gasteiger partial charge >= 0.3 is 0 Å². The Morgan fingerprint density at radius 3 is 2.56 bits per heavy atom. The SMILES string of the molecule is CCNC(c1cc(C)cc(F)c1)C1(OC)CCC1. The van der Waals surface area contributed by atoms with Crippen molar-refractivity contribution in [2.45, 2.75) is 44.8 Å². The molecular formula is C15H22FNO. The Kier molecular flexibility index (Phi) is 4.03. The van der Waals surface area contributed by atoms with Crippen LogP contribution >= 0.6 is 0 Å². The smallest absolute Gasteiger partial charge is 0.123 e. The third-order valence-electron chi connectivity index (χ3n) is 3.94. The van der Waals surface area contributed by atoms with Crippen molar-refractivity contribution in [3.05, 3.63) is 35.1 Å². The standard InChI is InChI=1S/C15H22FNO/c1-4-17-14(15(18-3)6-5-7-15)12-8-11(2)9-13(16)10-12/h8-10,14,17H,4-7H2,1-3H3. The highest BCUT2D eigenvalue weighted by Crippen LogP contribution is 2.45. The zero-order chi connectivity index (χ0) is 13.2. The van der Waals surface area contributed by atoms with Gasteiger partial charge in [-0.3, -0.25) is 0 Å². The van der Waals surface area contributed by atoms with Crippen LogP contribution in [0.25, 0.3) is 0 Å². The lowest BCUT2D eigenvalue weighted by molar-refractivity contribution is -0.0995. The number of methoxy groups -OCH3 is 1. The molecule has 2 rings (SSSR count). The monoisotopic (exact) mass is 251 g/mol. The Morgan fingerprint density at radius 1 is 1.39 bits per heavy atom. The molecule has 1 aliphatic carbocycles. The number of nitrogens with one attached hydrogen (secondary N) is 1. The number of hydrogen-bond donors (Lipinski definition) is 1. The van der Waals surface area contributed by atoms with Crippen LogP contribution in [0.3, 0.4) is 0 Å². The van der Waals surface area contributed by atoms with Gasteiger partial charge in [0.05, 0.1) is 11.6 Å². The average Bonchev–Trinajstić information content (AvgIpc) is 2.25. The molecule has 1 aliphatic rings. The highest BCUT2D eigenvalue weighted by molar-refractivity contribution is 5.29. The summed E-state index contributed by atoms with van der Waals surface area (Å²) in [4.78, 5) is 0. The minimum absolute atomic E-state index is 0.0793. The first-order valence-corrected chi connectivity index (χ1v) is 6.67. The van der Waals surface area contributed by atoms with Crippen LogP contribution in [-0.4, -0.2) is 19.3 Å². The van der Waals surface area contributed by atoms with Crippen LogP contribution in [0, 0.1) is 12.7 Å². The molecule has 0 bridgehead atoms. The van der Waals surface area contributed by atoms with E-state index in [2.05, 4.69) is 18.3 Å². The number of ether oxygens (including phenoxy) is 1. The molecule has 0 spiro atoms. The normalized spacial score (nSPS) is 19.3. The molecule has 100 valence electrons. The lowest BCUT2D eigenvalue weighted by Crippen LogP contribution is -2.50. The van der Waals surface area contributed by atoms with Crippen molar-refractivity contribution >= 4 is 0 Å². The van der Waals surface area contributed by atoms with E-state index in [1.165, 1.54) is 6.42 Å². The summed E-state index contributed by atoms with van der Waals surface area (Å²) in [6.45, 7) is 4.85. The van der Waals surface area contributed by atoms with E-state index in [9.17, 15) is 4.39 Å². The predicted molar refractivity (Wildman–Crippen MR) is 71.1 cm³/mol. The molecule has 1 aromatic rings. The molecule has 1 saturated carbocycles. The topological polar surface area (TPSA) is 21.3 Å². The van der Waals surface area contributed by atoms with E-state index in [4.69, 9.17) is 4.74 Å². The van der Waals surface area contributed by atoms with Crippen molar-refractivity contribution in [1.82, 2.24) is 5.32 Å². The van der Waals surface area contributed by atoms with E-state index in [1.54, 1.807) is 19.2 Å². The summed E-state index contributed by atoms with van der Waals surface area (Å²) in [5.41, 5.74) is 1.80. The van der Waals surface area contributed by atoms with Gasteiger partial charge < -0.3 is 10.1 Å². The number of hydrogen-bond acceptors (Lipinski definition) is 2. The Balaban J connectivity index is 2.34. The maximum absolute atomic E-state index is 13.6. The van der Waals surface area contributed by atoms with Crippen LogP contribution in [0.5, 0.6) is 0 Å². The summed E-state index contributed by atoms with van der Waals surface area (Å²) in [5, 5.41) is 3.46. The summed E-state index contributed by atoms with van der Waals surface area (Å²) in [5.74, 6) is -0.168. The van der Waals surface area contributed by atoms with E-state index in [1.807, 2.05) is 6.92 Å². The molecule has 1 aromatic carbocycles. The second kappa shape index (κ2) is 5.37. The van der Waals surface area contributed by atoms with E-state index in [0.717, 1.165) is 30.5 Å². The first kappa shape index (κ1) is 13.5. The maximum atomic E-state index is 13.6. The van der Waals surface area contributed by atoms with Gasteiger partial charge in [0.25, 0.3) is 0 Å². The Hall–Kier alpha value is -0.930. The van der Waals surface area contributed by atoms with E-state index >= 15 is 0 Å². The quantitative estimate of drug-likeness (QED) is 0.866. The van der Waals surface area contributed by atoms with Crippen LogP contribution in [0.1, 0.15) is 43.4 Å². The zero-order valence-electron chi connectivity index (χ0n) is 11.4. The number of aryl methyl sites for hydroxylation is 1. The number of halogens is 1. The molecule has 1 atom stereocenters. The van der Waals surface area contributed by atoms with Gasteiger partial charge in [0, 0.05) is 7.11 Å². The number of likely N-dealkylation sites (N-methyl/N-ethyl adjacent to an activating group) is 1. The Bertz CT molecular complexity index is 389. The van der Waals surface area contributed by atoms with Crippen LogP contribution < -0.4 is 5.32 Å². The van der Waals surface area contributed by atoms with Gasteiger partial charge in [0.2, 0.25) is 0 Å². The Morgan fingerprint density at radius 2 is 2.11 bits per heavy atom. The minimum atomic E-state index is -0.168. The summed E-state index contributed by atoms with van der Waals surface area (Å²) in [7, 11) is 1.76. The highest BCUT2D eigenvalue weighted by atomic mass is 19.1. The van der Waals surface area contributed by atoms with Crippen molar-refractivity contribution in [2.75, 3.05) is 13.7 Å². The fourth-order valence-corrected chi connectivity index (χ4v) is 2.88. The molecule has 0 heterocycles. The molecule has 0 aliphatic heterocycles. The molecule has 18 heavy (non-hydrogen) atoms. The average molecular weight is 251 g/mol. The molecule has 0 aromatic heterocycles. The van der Waals surface area contributed by atoms with Crippen LogP contribution in [-0.2, 0) is 4.74 Å². The second-order valence-electron chi connectivity index (χ2n) is 5.18. The first-order chi connectivity index (χ1) is 8.61. The fourth-order valence-electron chi connectivity index (χ4n) is 2.88. The van der Waals surface area contributed by atoms with Gasteiger partial charge in [-0.05, 0) is 56.0 Å². The second-order valence-corrected chi connectivity index (χ2v) is 5.18. The van der Waals surface area contributed by atoms with Crippen molar-refractivity contribution in [3.8, 4) is 0 Å². The fraction of sp³-hybridized carbons (Fsp3) is 0.600. The molecule has 1 N–H and O–H groups in total. The molecule has 3 heteroatoms. The third kappa shape index (κ3) is 2.43. The van der Waals surface area contributed by atoms with Crippen LogP contribution in [0.15, 0.2) is 18.2 Å². The molecule has 2 nitrogen and oxygen atoms in total. The number of rotatable bonds is 5. The molecule has 0 radical (unpaired) electrons. The Labute approximate surface area is 109 Å². The van der Waals surface area contributed by atoms with Crippen LogP contribution in [0.4, 0.5) is 4.39 Å². The minimum Gasteiger partial charge on any atom is -0.376 e. The van der Waals surface area contributed by atoms with Gasteiger partial charge in [0.1, 0.15) is 5.82 Å². The van der Waals surface area contributed by atoms with Crippen molar-refractivity contribution in [1.29, 1.82) is 0 Å². The van der Waals surface area contributed by atoms with E-state index in [-0.39, 0.29) is 17.5 Å². The molecule has 1 unspecified atom stereocenters. The lowest BCUT2D eigenvalue weighted by atomic mass is 9.72. The van der Waals surface area contributed by atoms with Gasteiger partial charge in [-0.2, -0.15) is 0 Å². The van der Waals surface area contributed by atoms with Crippen LogP contribution in [0.2, 0.25) is 0 Å².